The number of para-hydroxylation sites is 1. The van der Waals surface area contributed by atoms with Gasteiger partial charge in [-0.15, -0.1) is 0 Å². The predicted octanol–water partition coefficient (Wildman–Crippen LogP) is 3.81. The average molecular weight is 392 g/mol. The van der Waals surface area contributed by atoms with Gasteiger partial charge in [0.2, 0.25) is 5.91 Å². The summed E-state index contributed by atoms with van der Waals surface area (Å²) in [7, 11) is 1.77. The van der Waals surface area contributed by atoms with Crippen LogP contribution in [0.5, 0.6) is 0 Å². The van der Waals surface area contributed by atoms with Gasteiger partial charge in [-0.3, -0.25) is 9.79 Å². The minimum Gasteiger partial charge on any atom is -0.361 e. The van der Waals surface area contributed by atoms with E-state index in [2.05, 4.69) is 50.3 Å². The Balaban J connectivity index is 1.48. The maximum absolute atomic E-state index is 11.8. The quantitative estimate of drug-likeness (QED) is 0.348. The van der Waals surface area contributed by atoms with E-state index in [-0.39, 0.29) is 5.91 Å². The van der Waals surface area contributed by atoms with Gasteiger partial charge < -0.3 is 20.9 Å². The van der Waals surface area contributed by atoms with E-state index in [1.165, 1.54) is 10.9 Å². The number of anilines is 1. The molecule has 0 aliphatic carbocycles. The number of fused-ring (bicyclic) bond motifs is 1. The Kier molecular flexibility index (Phi) is 7.28. The SMILES string of the molecule is CCCC(=O)Nc1cccc(CNC(=NC)NCCc2c[nH]c3ccccc23)c1. The molecule has 3 aromatic rings. The molecule has 4 N–H and O–H groups in total. The molecular weight excluding hydrogens is 362 g/mol. The number of nitrogens with one attached hydrogen (secondary N) is 4. The first-order chi connectivity index (χ1) is 14.2. The molecule has 6 heteroatoms. The van der Waals surface area contributed by atoms with E-state index in [1.54, 1.807) is 7.05 Å². The van der Waals surface area contributed by atoms with Gasteiger partial charge in [0.15, 0.2) is 5.96 Å². The van der Waals surface area contributed by atoms with Crippen molar-refractivity contribution in [2.24, 2.45) is 4.99 Å². The van der Waals surface area contributed by atoms with E-state index in [4.69, 9.17) is 0 Å². The summed E-state index contributed by atoms with van der Waals surface area (Å²) in [6.45, 7) is 3.41. The third kappa shape index (κ3) is 5.85. The number of carbonyl (C=O) groups excluding carboxylic acids is 1. The molecule has 0 saturated heterocycles. The molecule has 152 valence electrons. The molecule has 6 nitrogen and oxygen atoms in total. The van der Waals surface area contributed by atoms with E-state index in [1.807, 2.05) is 37.3 Å². The van der Waals surface area contributed by atoms with Crippen molar-refractivity contribution >= 4 is 28.5 Å². The van der Waals surface area contributed by atoms with E-state index in [9.17, 15) is 4.79 Å². The molecule has 3 rings (SSSR count). The highest BCUT2D eigenvalue weighted by molar-refractivity contribution is 5.90. The summed E-state index contributed by atoms with van der Waals surface area (Å²) in [6, 6.07) is 16.2. The second kappa shape index (κ2) is 10.3. The number of aliphatic imine (C=N–C) groups is 1. The first-order valence-corrected chi connectivity index (χ1v) is 10.1. The number of guanidine groups is 1. The van der Waals surface area contributed by atoms with Gasteiger partial charge >= 0.3 is 0 Å². The van der Waals surface area contributed by atoms with Crippen molar-refractivity contribution in [3.8, 4) is 0 Å². The second-order valence-corrected chi connectivity index (χ2v) is 6.96. The Labute approximate surface area is 171 Å². The number of carbonyl (C=O) groups is 1. The predicted molar refractivity (Wildman–Crippen MR) is 120 cm³/mol. The van der Waals surface area contributed by atoms with Crippen LogP contribution in [0.1, 0.15) is 30.9 Å². The van der Waals surface area contributed by atoms with Gasteiger partial charge in [0.05, 0.1) is 0 Å². The number of benzene rings is 2. The van der Waals surface area contributed by atoms with Crippen molar-refractivity contribution in [1.29, 1.82) is 0 Å². The molecule has 0 unspecified atom stereocenters. The van der Waals surface area contributed by atoms with E-state index >= 15 is 0 Å². The average Bonchev–Trinajstić information content (AvgIpc) is 3.14. The van der Waals surface area contributed by atoms with Gasteiger partial charge in [-0.25, -0.2) is 0 Å². The van der Waals surface area contributed by atoms with Crippen molar-refractivity contribution < 1.29 is 4.79 Å². The fraction of sp³-hybridized carbons (Fsp3) is 0.304. The molecule has 1 heterocycles. The molecule has 0 fully saturated rings. The third-order valence-corrected chi connectivity index (χ3v) is 4.73. The first-order valence-electron chi connectivity index (χ1n) is 10.1. The highest BCUT2D eigenvalue weighted by atomic mass is 16.1. The maximum Gasteiger partial charge on any atom is 0.224 e. The Morgan fingerprint density at radius 2 is 1.97 bits per heavy atom. The number of aromatic nitrogens is 1. The summed E-state index contributed by atoms with van der Waals surface area (Å²) in [5.74, 6) is 0.803. The minimum absolute atomic E-state index is 0.0485. The molecule has 29 heavy (non-hydrogen) atoms. The van der Waals surface area contributed by atoms with Gasteiger partial charge in [0.1, 0.15) is 0 Å². The Morgan fingerprint density at radius 3 is 2.79 bits per heavy atom. The van der Waals surface area contributed by atoms with Gasteiger partial charge in [-0.2, -0.15) is 0 Å². The molecule has 2 aromatic carbocycles. The van der Waals surface area contributed by atoms with Crippen molar-refractivity contribution in [3.05, 3.63) is 65.9 Å². The lowest BCUT2D eigenvalue weighted by atomic mass is 10.1. The molecule has 0 spiro atoms. The van der Waals surface area contributed by atoms with Crippen LogP contribution in [0.25, 0.3) is 10.9 Å². The van der Waals surface area contributed by atoms with Crippen molar-refractivity contribution in [2.45, 2.75) is 32.7 Å². The molecule has 1 aromatic heterocycles. The zero-order valence-corrected chi connectivity index (χ0v) is 17.1. The van der Waals surface area contributed by atoms with Crippen LogP contribution in [-0.4, -0.2) is 30.4 Å². The number of H-pyrrole nitrogens is 1. The van der Waals surface area contributed by atoms with Gasteiger partial charge in [0, 0.05) is 49.3 Å². The zero-order chi connectivity index (χ0) is 20.5. The fourth-order valence-electron chi connectivity index (χ4n) is 3.27. The van der Waals surface area contributed by atoms with Crippen LogP contribution in [0, 0.1) is 0 Å². The number of nitrogens with zero attached hydrogens (tertiary/aromatic N) is 1. The van der Waals surface area contributed by atoms with Gasteiger partial charge in [-0.05, 0) is 42.2 Å². The van der Waals surface area contributed by atoms with Crippen LogP contribution in [0.4, 0.5) is 5.69 Å². The minimum atomic E-state index is 0.0485. The summed E-state index contributed by atoms with van der Waals surface area (Å²) in [5, 5.41) is 10.9. The Hall–Kier alpha value is -3.28. The van der Waals surface area contributed by atoms with Crippen LogP contribution < -0.4 is 16.0 Å². The smallest absolute Gasteiger partial charge is 0.224 e. The fourth-order valence-corrected chi connectivity index (χ4v) is 3.27. The molecule has 1 amide bonds. The first kappa shape index (κ1) is 20.5. The molecule has 0 aliphatic rings. The molecular formula is C23H29N5O. The van der Waals surface area contributed by atoms with Crippen LogP contribution in [0.15, 0.2) is 59.7 Å². The van der Waals surface area contributed by atoms with E-state index in [0.717, 1.165) is 42.1 Å². The van der Waals surface area contributed by atoms with Crippen molar-refractivity contribution in [3.63, 3.8) is 0 Å². The van der Waals surface area contributed by atoms with Crippen molar-refractivity contribution in [2.75, 3.05) is 18.9 Å². The third-order valence-electron chi connectivity index (χ3n) is 4.73. The lowest BCUT2D eigenvalue weighted by Gasteiger charge is -2.13. The summed E-state index contributed by atoms with van der Waals surface area (Å²) >= 11 is 0. The van der Waals surface area contributed by atoms with E-state index < -0.39 is 0 Å². The summed E-state index contributed by atoms with van der Waals surface area (Å²) < 4.78 is 0. The number of hydrogen-bond acceptors (Lipinski definition) is 2. The topological polar surface area (TPSA) is 81.3 Å². The zero-order valence-electron chi connectivity index (χ0n) is 17.1. The lowest BCUT2D eigenvalue weighted by Crippen LogP contribution is -2.37. The highest BCUT2D eigenvalue weighted by Crippen LogP contribution is 2.17. The summed E-state index contributed by atoms with van der Waals surface area (Å²) in [4.78, 5) is 19.4. The number of rotatable bonds is 8. The molecule has 0 saturated carbocycles. The van der Waals surface area contributed by atoms with Crippen LogP contribution in [-0.2, 0) is 17.8 Å². The lowest BCUT2D eigenvalue weighted by molar-refractivity contribution is -0.116. The number of amides is 1. The van der Waals surface area contributed by atoms with Gasteiger partial charge in [0.25, 0.3) is 0 Å². The van der Waals surface area contributed by atoms with Gasteiger partial charge in [-0.1, -0.05) is 37.3 Å². The number of hydrogen-bond donors (Lipinski definition) is 4. The molecule has 0 aliphatic heterocycles. The summed E-state index contributed by atoms with van der Waals surface area (Å²) in [5.41, 5.74) is 4.36. The van der Waals surface area contributed by atoms with Crippen LogP contribution >= 0.6 is 0 Å². The van der Waals surface area contributed by atoms with Crippen molar-refractivity contribution in [1.82, 2.24) is 15.6 Å². The standard InChI is InChI=1S/C23H29N5O/c1-3-7-22(29)28-19-9-6-8-17(14-19)15-27-23(24-2)25-13-12-18-16-26-21-11-5-4-10-20(18)21/h4-6,8-11,14,16,26H,3,7,12-13,15H2,1-2H3,(H,28,29)(H2,24,25,27). The molecule has 0 bridgehead atoms. The molecule has 0 radical (unpaired) electrons. The maximum atomic E-state index is 11.8. The Morgan fingerprint density at radius 1 is 1.10 bits per heavy atom. The molecule has 0 atom stereocenters. The highest BCUT2D eigenvalue weighted by Gasteiger charge is 2.05. The van der Waals surface area contributed by atoms with Crippen LogP contribution in [0.3, 0.4) is 0 Å². The number of aromatic amines is 1. The van der Waals surface area contributed by atoms with E-state index in [0.29, 0.717) is 13.0 Å². The second-order valence-electron chi connectivity index (χ2n) is 6.96. The Bertz CT molecular complexity index is 976. The largest absolute Gasteiger partial charge is 0.361 e. The monoisotopic (exact) mass is 391 g/mol. The van der Waals surface area contributed by atoms with Crippen LogP contribution in [0.2, 0.25) is 0 Å². The normalized spacial score (nSPS) is 11.4. The summed E-state index contributed by atoms with van der Waals surface area (Å²) in [6.07, 6.45) is 4.35.